The molecule has 0 atom stereocenters. The highest BCUT2D eigenvalue weighted by atomic mass is 32.2. The number of thioether (sulfide) groups is 1. The zero-order valence-electron chi connectivity index (χ0n) is 19.5. The molecular weight excluding hydrogens is 442 g/mol. The Balaban J connectivity index is 1.47. The first-order valence-electron chi connectivity index (χ1n) is 10.9. The molecule has 0 aliphatic carbocycles. The number of methoxy groups -OCH3 is 2. The molecule has 2 heterocycles. The molecule has 33 heavy (non-hydrogen) atoms. The molecule has 1 fully saturated rings. The number of rotatable bonds is 9. The number of nitrogens with zero attached hydrogens (tertiary/aromatic N) is 3. The van der Waals surface area contributed by atoms with Gasteiger partial charge in [-0.05, 0) is 38.8 Å². The first kappa shape index (κ1) is 24.6. The summed E-state index contributed by atoms with van der Waals surface area (Å²) in [5.41, 5.74) is 0.601. The number of aromatic nitrogens is 2. The van der Waals surface area contributed by atoms with Crippen LogP contribution in [0.15, 0.2) is 35.4 Å². The Hall–Kier alpha value is -3.01. The summed E-state index contributed by atoms with van der Waals surface area (Å²) >= 11 is 1.31. The Morgan fingerprint density at radius 2 is 1.76 bits per heavy atom. The average Bonchev–Trinajstić information content (AvgIpc) is 2.82. The molecule has 0 radical (unpaired) electrons. The van der Waals surface area contributed by atoms with E-state index in [1.165, 1.54) is 11.8 Å². The summed E-state index contributed by atoms with van der Waals surface area (Å²) in [7, 11) is 3.12. The lowest BCUT2D eigenvalue weighted by Gasteiger charge is -2.32. The maximum atomic E-state index is 12.3. The summed E-state index contributed by atoms with van der Waals surface area (Å²) in [6, 6.07) is 9.14. The Labute approximate surface area is 198 Å². The molecule has 10 heteroatoms. The molecule has 1 aromatic carbocycles. The molecule has 0 saturated carbocycles. The summed E-state index contributed by atoms with van der Waals surface area (Å²) in [6.07, 6.45) is 1.60. The minimum Gasteiger partial charge on any atom is -0.497 e. The van der Waals surface area contributed by atoms with Crippen molar-refractivity contribution in [3.63, 3.8) is 0 Å². The summed E-state index contributed by atoms with van der Waals surface area (Å²) in [4.78, 5) is 26.7. The lowest BCUT2D eigenvalue weighted by Crippen LogP contribution is -2.42. The minimum absolute atomic E-state index is 0.0505. The summed E-state index contributed by atoms with van der Waals surface area (Å²) in [6.45, 7) is 5.48. The van der Waals surface area contributed by atoms with Gasteiger partial charge in [0, 0.05) is 48.9 Å². The highest BCUT2D eigenvalue weighted by Crippen LogP contribution is 2.27. The van der Waals surface area contributed by atoms with Gasteiger partial charge in [-0.1, -0.05) is 11.8 Å². The number of ether oxygens (including phenoxy) is 2. The minimum atomic E-state index is -0.164. The van der Waals surface area contributed by atoms with E-state index in [1.807, 2.05) is 26.0 Å². The van der Waals surface area contributed by atoms with Crippen LogP contribution < -0.4 is 25.0 Å². The molecule has 0 bridgehead atoms. The van der Waals surface area contributed by atoms with Crippen LogP contribution in [0.1, 0.15) is 26.7 Å². The molecule has 1 aliphatic heterocycles. The number of hydrogen-bond acceptors (Lipinski definition) is 8. The van der Waals surface area contributed by atoms with Crippen LogP contribution in [0.3, 0.4) is 0 Å². The van der Waals surface area contributed by atoms with Crippen molar-refractivity contribution in [3.05, 3.63) is 30.3 Å². The van der Waals surface area contributed by atoms with Crippen molar-refractivity contribution in [2.45, 2.75) is 37.8 Å². The highest BCUT2D eigenvalue weighted by molar-refractivity contribution is 7.99. The summed E-state index contributed by atoms with van der Waals surface area (Å²) < 4.78 is 10.4. The normalized spacial score (nSPS) is 14.2. The Morgan fingerprint density at radius 1 is 1.09 bits per heavy atom. The van der Waals surface area contributed by atoms with Gasteiger partial charge in [0.15, 0.2) is 5.82 Å². The molecule has 1 saturated heterocycles. The molecule has 1 aliphatic rings. The van der Waals surface area contributed by atoms with Gasteiger partial charge < -0.3 is 25.0 Å². The number of hydrogen-bond donors (Lipinski definition) is 2. The molecule has 2 N–H and O–H groups in total. The van der Waals surface area contributed by atoms with Crippen molar-refractivity contribution in [1.29, 1.82) is 0 Å². The first-order chi connectivity index (χ1) is 15.9. The van der Waals surface area contributed by atoms with Crippen LogP contribution in [0, 0.1) is 5.92 Å². The van der Waals surface area contributed by atoms with E-state index >= 15 is 0 Å². The van der Waals surface area contributed by atoms with Crippen LogP contribution in [0.4, 0.5) is 11.5 Å². The third-order valence-corrected chi connectivity index (χ3v) is 6.15. The van der Waals surface area contributed by atoms with Crippen LogP contribution in [-0.4, -0.2) is 61.1 Å². The van der Waals surface area contributed by atoms with Crippen molar-refractivity contribution < 1.29 is 19.1 Å². The number of piperidine rings is 1. The van der Waals surface area contributed by atoms with Crippen LogP contribution >= 0.6 is 11.8 Å². The number of anilines is 2. The lowest BCUT2D eigenvalue weighted by atomic mass is 9.95. The van der Waals surface area contributed by atoms with Gasteiger partial charge in [0.2, 0.25) is 11.8 Å². The average molecular weight is 474 g/mol. The summed E-state index contributed by atoms with van der Waals surface area (Å²) in [5, 5.41) is 15.1. The van der Waals surface area contributed by atoms with Crippen LogP contribution in [0.5, 0.6) is 11.5 Å². The highest BCUT2D eigenvalue weighted by Gasteiger charge is 2.26. The molecule has 1 aromatic heterocycles. The fourth-order valence-electron chi connectivity index (χ4n) is 3.55. The molecular formula is C23H31N5O4S. The number of carbonyl (C=O) groups excluding carboxylic acids is 2. The fourth-order valence-corrected chi connectivity index (χ4v) is 4.16. The second kappa shape index (κ2) is 11.7. The van der Waals surface area contributed by atoms with E-state index in [-0.39, 0.29) is 29.5 Å². The van der Waals surface area contributed by atoms with Gasteiger partial charge in [-0.15, -0.1) is 10.2 Å². The monoisotopic (exact) mass is 473 g/mol. The van der Waals surface area contributed by atoms with E-state index < -0.39 is 0 Å². The zero-order valence-corrected chi connectivity index (χ0v) is 20.3. The van der Waals surface area contributed by atoms with Crippen molar-refractivity contribution in [2.75, 3.05) is 43.3 Å². The Kier molecular flexibility index (Phi) is 8.76. The van der Waals surface area contributed by atoms with Crippen LogP contribution in [-0.2, 0) is 9.59 Å². The second-order valence-electron chi connectivity index (χ2n) is 8.09. The number of carbonyl (C=O) groups is 2. The maximum Gasteiger partial charge on any atom is 0.234 e. The predicted molar refractivity (Wildman–Crippen MR) is 129 cm³/mol. The maximum absolute atomic E-state index is 12.3. The van der Waals surface area contributed by atoms with Gasteiger partial charge in [0.1, 0.15) is 16.5 Å². The van der Waals surface area contributed by atoms with E-state index in [2.05, 4.69) is 25.7 Å². The Morgan fingerprint density at radius 3 is 2.30 bits per heavy atom. The van der Waals surface area contributed by atoms with Crippen molar-refractivity contribution in [2.24, 2.45) is 5.92 Å². The van der Waals surface area contributed by atoms with Gasteiger partial charge >= 0.3 is 0 Å². The standard InChI is InChI=1S/C23H31N5O4S/c1-15(2)24-23(30)16-7-9-28(10-8-16)20-5-6-22(27-26-20)33-14-21(29)25-17-11-18(31-3)13-19(12-17)32-4/h5-6,11-13,15-16H,7-10,14H2,1-4H3,(H,24,30)(H,25,29). The largest absolute Gasteiger partial charge is 0.497 e. The smallest absolute Gasteiger partial charge is 0.234 e. The number of amides is 2. The lowest BCUT2D eigenvalue weighted by molar-refractivity contribution is -0.126. The van der Waals surface area contributed by atoms with Gasteiger partial charge in [0.25, 0.3) is 0 Å². The van der Waals surface area contributed by atoms with Gasteiger partial charge in [0.05, 0.1) is 20.0 Å². The fraction of sp³-hybridized carbons (Fsp3) is 0.478. The zero-order chi connectivity index (χ0) is 23.8. The van der Waals surface area contributed by atoms with Gasteiger partial charge in [-0.25, -0.2) is 0 Å². The number of benzene rings is 1. The molecule has 0 spiro atoms. The molecule has 0 unspecified atom stereocenters. The third kappa shape index (κ3) is 7.24. The van der Waals surface area contributed by atoms with Gasteiger partial charge in [-0.3, -0.25) is 9.59 Å². The van der Waals surface area contributed by atoms with Crippen LogP contribution in [0.2, 0.25) is 0 Å². The SMILES string of the molecule is COc1cc(NC(=O)CSc2ccc(N3CCC(C(=O)NC(C)C)CC3)nn2)cc(OC)c1. The van der Waals surface area contributed by atoms with Crippen LogP contribution in [0.25, 0.3) is 0 Å². The van der Waals surface area contributed by atoms with Crippen molar-refractivity contribution in [1.82, 2.24) is 15.5 Å². The van der Waals surface area contributed by atoms with Gasteiger partial charge in [-0.2, -0.15) is 0 Å². The van der Waals surface area contributed by atoms with E-state index in [0.717, 1.165) is 31.7 Å². The first-order valence-corrected chi connectivity index (χ1v) is 11.9. The predicted octanol–water partition coefficient (Wildman–Crippen LogP) is 2.97. The van der Waals surface area contributed by atoms with Crippen molar-refractivity contribution >= 4 is 35.1 Å². The second-order valence-corrected chi connectivity index (χ2v) is 9.09. The molecule has 2 aromatic rings. The third-order valence-electron chi connectivity index (χ3n) is 5.23. The summed E-state index contributed by atoms with van der Waals surface area (Å²) in [5.74, 6) is 2.21. The quantitative estimate of drug-likeness (QED) is 0.536. The number of nitrogens with one attached hydrogen (secondary N) is 2. The van der Waals surface area contributed by atoms with Crippen molar-refractivity contribution in [3.8, 4) is 11.5 Å². The molecule has 178 valence electrons. The van der Waals surface area contributed by atoms with E-state index in [1.54, 1.807) is 32.4 Å². The van der Waals surface area contributed by atoms with E-state index in [9.17, 15) is 9.59 Å². The molecule has 9 nitrogen and oxygen atoms in total. The Bertz CT molecular complexity index is 924. The molecule has 2 amide bonds. The molecule has 3 rings (SSSR count). The topological polar surface area (TPSA) is 106 Å². The van der Waals surface area contributed by atoms with E-state index in [4.69, 9.17) is 9.47 Å². The van der Waals surface area contributed by atoms with E-state index in [0.29, 0.717) is 22.2 Å².